The Morgan fingerprint density at radius 1 is 0.712 bits per heavy atom. The second-order valence-electron chi connectivity index (χ2n) is 18.3. The molecule has 5 aliphatic rings. The number of hydrogen-bond acceptors (Lipinski definition) is 11. The molecule has 4 saturated heterocycles. The quantitative estimate of drug-likeness (QED) is 0.121. The number of allylic oxidation sites excluding steroid dienone is 1. The number of piperidine rings is 2. The molecule has 0 radical (unpaired) electrons. The van der Waals surface area contributed by atoms with E-state index in [0.717, 1.165) is 48.8 Å². The summed E-state index contributed by atoms with van der Waals surface area (Å²) in [5, 5.41) is 37.4. The molecular formula is C51H58N10O5. The van der Waals surface area contributed by atoms with E-state index in [-0.39, 0.29) is 25.0 Å². The molecule has 6 heterocycles. The first-order valence-corrected chi connectivity index (χ1v) is 23.3. The van der Waals surface area contributed by atoms with Crippen LogP contribution in [-0.4, -0.2) is 100 Å². The molecule has 2 atom stereocenters. The van der Waals surface area contributed by atoms with Crippen LogP contribution in [0.3, 0.4) is 0 Å². The van der Waals surface area contributed by atoms with Gasteiger partial charge in [-0.25, -0.2) is 0 Å². The predicted octanol–water partition coefficient (Wildman–Crippen LogP) is 4.70. The van der Waals surface area contributed by atoms with Gasteiger partial charge < -0.3 is 35.5 Å². The molecule has 4 fully saturated rings. The van der Waals surface area contributed by atoms with E-state index < -0.39 is 28.5 Å². The summed E-state index contributed by atoms with van der Waals surface area (Å²) in [5.41, 5.74) is 2.53. The molecule has 2 spiro atoms. The number of para-hydroxylation sites is 2. The molecule has 0 bridgehead atoms. The SMILES string of the molecule is C[C@@H](/C=C/CCn1cc(CCO)nn1)[C@]1(O)C(=O)N(Cc2cccc(N3CN(c4ccccc4)C4(CCNCC4)C3=O)c2)c2ccc(N3CN(c4ccccc4)C4(CCNCC4)C3=O)cc21. The molecule has 66 heavy (non-hydrogen) atoms. The predicted molar refractivity (Wildman–Crippen MR) is 254 cm³/mol. The first-order chi connectivity index (χ1) is 32.2. The molecule has 0 aliphatic carbocycles. The smallest absolute Gasteiger partial charge is 0.264 e. The maximum absolute atomic E-state index is 15.0. The first kappa shape index (κ1) is 43.5. The van der Waals surface area contributed by atoms with Crippen molar-refractivity contribution in [3.8, 4) is 0 Å². The Morgan fingerprint density at radius 3 is 1.88 bits per heavy atom. The summed E-state index contributed by atoms with van der Waals surface area (Å²) in [4.78, 5) is 54.2. The standard InChI is InChI=1S/C51H58N10O5/c1-37(11-8-9-29-56-34-39(20-30-62)54-55-56)51(66)44-32-43(59-36-61(41-15-6-3-7-16-41)50(47(59)64)23-27-53-28-24-50)18-19-45(44)57(48(51)65)33-38-12-10-17-42(31-38)58-35-60(40-13-4-2-5-14-40)49(46(58)63)21-25-52-26-22-49/h2-8,10-19,31-32,34,37,52-53,62,66H,9,20-30,33,35-36H2,1H3/b11-8+/t37-,51+/m0/s1. The minimum atomic E-state index is -1.96. The topological polar surface area (TPSA) is 163 Å². The fourth-order valence-corrected chi connectivity index (χ4v) is 10.9. The lowest BCUT2D eigenvalue weighted by molar-refractivity contribution is -0.139. The number of nitrogens with zero attached hydrogens (tertiary/aromatic N) is 8. The Balaban J connectivity index is 0.971. The molecule has 0 unspecified atom stereocenters. The Hall–Kier alpha value is -6.39. The van der Waals surface area contributed by atoms with Crippen LogP contribution in [0.25, 0.3) is 0 Å². The van der Waals surface area contributed by atoms with Gasteiger partial charge in [-0.15, -0.1) is 5.10 Å². The number of aliphatic hydroxyl groups is 2. The number of benzene rings is 4. The zero-order valence-corrected chi connectivity index (χ0v) is 37.4. The number of aliphatic hydroxyl groups excluding tert-OH is 1. The van der Waals surface area contributed by atoms with Crippen molar-refractivity contribution in [3.63, 3.8) is 0 Å². The third-order valence-corrected chi connectivity index (χ3v) is 14.6. The maximum atomic E-state index is 15.0. The second kappa shape index (κ2) is 17.8. The first-order valence-electron chi connectivity index (χ1n) is 23.3. The molecule has 342 valence electrons. The van der Waals surface area contributed by atoms with Crippen molar-refractivity contribution >= 4 is 46.2 Å². The maximum Gasteiger partial charge on any atom is 0.264 e. The van der Waals surface area contributed by atoms with Crippen molar-refractivity contribution in [2.75, 3.05) is 70.6 Å². The van der Waals surface area contributed by atoms with Crippen molar-refractivity contribution in [1.82, 2.24) is 25.6 Å². The van der Waals surface area contributed by atoms with Gasteiger partial charge in [0.05, 0.1) is 31.3 Å². The van der Waals surface area contributed by atoms with E-state index in [0.29, 0.717) is 81.0 Å². The summed E-state index contributed by atoms with van der Waals surface area (Å²) in [7, 11) is 0. The summed E-state index contributed by atoms with van der Waals surface area (Å²) < 4.78 is 1.72. The molecule has 10 rings (SSSR count). The van der Waals surface area contributed by atoms with Crippen LogP contribution in [0.5, 0.6) is 0 Å². The van der Waals surface area contributed by atoms with Gasteiger partial charge in [0.25, 0.3) is 17.7 Å². The minimum absolute atomic E-state index is 0.00565. The van der Waals surface area contributed by atoms with Crippen LogP contribution in [0.15, 0.2) is 121 Å². The minimum Gasteiger partial charge on any atom is -0.396 e. The highest BCUT2D eigenvalue weighted by molar-refractivity contribution is 6.10. The van der Waals surface area contributed by atoms with Crippen molar-refractivity contribution in [3.05, 3.63) is 138 Å². The number of aryl methyl sites for hydroxylation is 1. The number of nitrogens with one attached hydrogen (secondary N) is 2. The van der Waals surface area contributed by atoms with E-state index in [2.05, 4.69) is 42.9 Å². The highest BCUT2D eigenvalue weighted by Gasteiger charge is 2.56. The molecule has 3 amide bonds. The monoisotopic (exact) mass is 890 g/mol. The number of aromatic nitrogens is 3. The van der Waals surface area contributed by atoms with Crippen molar-refractivity contribution < 1.29 is 24.6 Å². The summed E-state index contributed by atoms with van der Waals surface area (Å²) in [5.74, 6) is -1.05. The third kappa shape index (κ3) is 7.43. The molecule has 4 N–H and O–H groups in total. The van der Waals surface area contributed by atoms with Crippen LogP contribution in [0.1, 0.15) is 55.8 Å². The Bertz CT molecular complexity index is 2610. The molecule has 0 saturated carbocycles. The highest BCUT2D eigenvalue weighted by Crippen LogP contribution is 2.49. The molecule has 15 nitrogen and oxygen atoms in total. The van der Waals surface area contributed by atoms with E-state index in [4.69, 9.17) is 0 Å². The molecule has 5 aliphatic heterocycles. The average molecular weight is 891 g/mol. The Morgan fingerprint density at radius 2 is 1.29 bits per heavy atom. The van der Waals surface area contributed by atoms with Gasteiger partial charge in [-0.1, -0.05) is 72.8 Å². The largest absolute Gasteiger partial charge is 0.396 e. The molecular weight excluding hydrogens is 833 g/mol. The lowest BCUT2D eigenvalue weighted by Gasteiger charge is -2.39. The lowest BCUT2D eigenvalue weighted by Crippen LogP contribution is -2.55. The van der Waals surface area contributed by atoms with Gasteiger partial charge in [-0.2, -0.15) is 0 Å². The summed E-state index contributed by atoms with van der Waals surface area (Å²) in [6, 6.07) is 33.6. The molecule has 5 aromatic rings. The van der Waals surface area contributed by atoms with E-state index in [9.17, 15) is 19.8 Å². The molecule has 15 heteroatoms. The van der Waals surface area contributed by atoms with Crippen molar-refractivity contribution in [2.24, 2.45) is 5.92 Å². The number of carbonyl (C=O) groups is 3. The summed E-state index contributed by atoms with van der Waals surface area (Å²) >= 11 is 0. The van der Waals surface area contributed by atoms with E-state index >= 15 is 4.79 Å². The molecule has 1 aromatic heterocycles. The average Bonchev–Trinajstić information content (AvgIpc) is 4.06. The number of hydrogen-bond donors (Lipinski definition) is 4. The van der Waals surface area contributed by atoms with Gasteiger partial charge in [-0.05, 0) is 118 Å². The van der Waals surface area contributed by atoms with Gasteiger partial charge in [0.15, 0.2) is 5.60 Å². The highest BCUT2D eigenvalue weighted by atomic mass is 16.3. The normalized spacial score (nSPS) is 21.9. The number of carbonyl (C=O) groups excluding carboxylic acids is 3. The van der Waals surface area contributed by atoms with E-state index in [1.54, 1.807) is 14.5 Å². The zero-order chi connectivity index (χ0) is 45.5. The van der Waals surface area contributed by atoms with Gasteiger partial charge in [0.2, 0.25) is 0 Å². The van der Waals surface area contributed by atoms with Gasteiger partial charge in [0, 0.05) is 60.0 Å². The van der Waals surface area contributed by atoms with Gasteiger partial charge in [0.1, 0.15) is 11.1 Å². The van der Waals surface area contributed by atoms with Crippen LogP contribution in [-0.2, 0) is 39.5 Å². The van der Waals surface area contributed by atoms with Crippen molar-refractivity contribution in [1.29, 1.82) is 0 Å². The van der Waals surface area contributed by atoms with E-state index in [1.807, 2.05) is 121 Å². The van der Waals surface area contributed by atoms with Crippen LogP contribution < -0.4 is 35.1 Å². The van der Waals surface area contributed by atoms with Crippen LogP contribution >= 0.6 is 0 Å². The lowest BCUT2D eigenvalue weighted by atomic mass is 9.82. The van der Waals surface area contributed by atoms with Crippen LogP contribution in [0.4, 0.5) is 28.4 Å². The number of fused-ring (bicyclic) bond motifs is 1. The summed E-state index contributed by atoms with van der Waals surface area (Å²) in [6.45, 7) is 6.20. The van der Waals surface area contributed by atoms with Crippen LogP contribution in [0, 0.1) is 5.92 Å². The van der Waals surface area contributed by atoms with Crippen LogP contribution in [0.2, 0.25) is 0 Å². The fraction of sp³-hybridized carbons (Fsp3) is 0.392. The number of rotatable bonds is 13. The van der Waals surface area contributed by atoms with Crippen molar-refractivity contribution in [2.45, 2.75) is 75.2 Å². The van der Waals surface area contributed by atoms with Gasteiger partial charge in [-0.3, -0.25) is 28.9 Å². The number of amides is 3. The fourth-order valence-electron chi connectivity index (χ4n) is 10.9. The Labute approximate surface area is 385 Å². The third-order valence-electron chi connectivity index (χ3n) is 14.6. The molecule has 4 aromatic carbocycles. The Kier molecular flexibility index (Phi) is 11.7. The number of anilines is 5. The van der Waals surface area contributed by atoms with Gasteiger partial charge >= 0.3 is 0 Å². The van der Waals surface area contributed by atoms with E-state index in [1.165, 1.54) is 0 Å². The zero-order valence-electron chi connectivity index (χ0n) is 37.4. The second-order valence-corrected chi connectivity index (χ2v) is 18.3. The summed E-state index contributed by atoms with van der Waals surface area (Å²) in [6.07, 6.45) is 9.33.